The molecular formula is C12H26N2O3. The normalized spacial score (nSPS) is 12.4. The SMILES string of the molecule is COCCCC(N)C(=O)NCCCCCCO. The molecule has 0 heterocycles. The van der Waals surface area contributed by atoms with Crippen molar-refractivity contribution in [1.82, 2.24) is 5.32 Å². The minimum absolute atomic E-state index is 0.0803. The molecule has 0 fully saturated rings. The second-order valence-electron chi connectivity index (χ2n) is 4.17. The highest BCUT2D eigenvalue weighted by atomic mass is 16.5. The Morgan fingerprint density at radius 2 is 2.00 bits per heavy atom. The fourth-order valence-corrected chi connectivity index (χ4v) is 1.51. The van der Waals surface area contributed by atoms with Crippen LogP contribution in [-0.2, 0) is 9.53 Å². The molecule has 0 saturated heterocycles. The molecule has 1 atom stereocenters. The third-order valence-electron chi connectivity index (χ3n) is 2.58. The van der Waals surface area contributed by atoms with Crippen molar-refractivity contribution in [3.63, 3.8) is 0 Å². The maximum atomic E-state index is 11.5. The number of aliphatic hydroxyl groups is 1. The molecule has 0 aromatic carbocycles. The molecule has 5 nitrogen and oxygen atoms in total. The van der Waals surface area contributed by atoms with Gasteiger partial charge in [-0.05, 0) is 25.7 Å². The first-order valence-electron chi connectivity index (χ1n) is 6.35. The zero-order chi connectivity index (χ0) is 12.9. The van der Waals surface area contributed by atoms with Crippen LogP contribution in [0.2, 0.25) is 0 Å². The number of methoxy groups -OCH3 is 1. The molecule has 0 saturated carbocycles. The molecule has 0 aliphatic carbocycles. The smallest absolute Gasteiger partial charge is 0.236 e. The Bertz CT molecular complexity index is 189. The molecule has 0 aromatic rings. The van der Waals surface area contributed by atoms with E-state index >= 15 is 0 Å². The Morgan fingerprint density at radius 1 is 1.29 bits per heavy atom. The van der Waals surface area contributed by atoms with E-state index in [-0.39, 0.29) is 12.5 Å². The highest BCUT2D eigenvalue weighted by Gasteiger charge is 2.11. The van der Waals surface area contributed by atoms with Crippen LogP contribution in [0.15, 0.2) is 0 Å². The number of rotatable bonds is 11. The molecule has 4 N–H and O–H groups in total. The van der Waals surface area contributed by atoms with Crippen molar-refractivity contribution in [3.05, 3.63) is 0 Å². The van der Waals surface area contributed by atoms with Gasteiger partial charge in [-0.25, -0.2) is 0 Å². The molecule has 0 bridgehead atoms. The lowest BCUT2D eigenvalue weighted by Crippen LogP contribution is -2.41. The van der Waals surface area contributed by atoms with Crippen LogP contribution < -0.4 is 11.1 Å². The predicted molar refractivity (Wildman–Crippen MR) is 67.6 cm³/mol. The van der Waals surface area contributed by atoms with E-state index in [2.05, 4.69) is 5.32 Å². The first kappa shape index (κ1) is 16.4. The van der Waals surface area contributed by atoms with Crippen LogP contribution >= 0.6 is 0 Å². The molecule has 0 spiro atoms. The van der Waals surface area contributed by atoms with Crippen LogP contribution in [0.3, 0.4) is 0 Å². The molecule has 0 rings (SSSR count). The van der Waals surface area contributed by atoms with E-state index in [1.165, 1.54) is 0 Å². The summed E-state index contributed by atoms with van der Waals surface area (Å²) in [5.41, 5.74) is 5.72. The Labute approximate surface area is 104 Å². The molecule has 5 heteroatoms. The summed E-state index contributed by atoms with van der Waals surface area (Å²) in [5, 5.41) is 11.4. The van der Waals surface area contributed by atoms with E-state index in [1.54, 1.807) is 7.11 Å². The maximum absolute atomic E-state index is 11.5. The number of ether oxygens (including phenoxy) is 1. The first-order chi connectivity index (χ1) is 8.22. The van der Waals surface area contributed by atoms with Crippen molar-refractivity contribution in [3.8, 4) is 0 Å². The summed E-state index contributed by atoms with van der Waals surface area (Å²) >= 11 is 0. The van der Waals surface area contributed by atoms with Crippen LogP contribution in [-0.4, -0.2) is 43.9 Å². The molecule has 17 heavy (non-hydrogen) atoms. The van der Waals surface area contributed by atoms with Gasteiger partial charge in [-0.2, -0.15) is 0 Å². The van der Waals surface area contributed by atoms with E-state index in [0.717, 1.165) is 32.1 Å². The van der Waals surface area contributed by atoms with E-state index in [1.807, 2.05) is 0 Å². The largest absolute Gasteiger partial charge is 0.396 e. The molecule has 1 amide bonds. The standard InChI is InChI=1S/C12H26N2O3/c1-17-10-6-7-11(13)12(16)14-8-4-2-3-5-9-15/h11,15H,2-10,13H2,1H3,(H,14,16). The van der Waals surface area contributed by atoms with Crippen molar-refractivity contribution in [1.29, 1.82) is 0 Å². The quantitative estimate of drug-likeness (QED) is 0.461. The molecule has 0 aromatic heterocycles. The predicted octanol–water partition coefficient (Wildman–Crippen LogP) is 0.409. The van der Waals surface area contributed by atoms with Crippen LogP contribution in [0.5, 0.6) is 0 Å². The van der Waals surface area contributed by atoms with Gasteiger partial charge in [-0.3, -0.25) is 4.79 Å². The summed E-state index contributed by atoms with van der Waals surface area (Å²) in [6.07, 6.45) is 5.28. The second kappa shape index (κ2) is 11.8. The lowest BCUT2D eigenvalue weighted by atomic mass is 10.1. The Kier molecular flexibility index (Phi) is 11.4. The van der Waals surface area contributed by atoms with Gasteiger partial charge in [0.05, 0.1) is 6.04 Å². The van der Waals surface area contributed by atoms with Gasteiger partial charge < -0.3 is 20.9 Å². The minimum Gasteiger partial charge on any atom is -0.396 e. The number of amides is 1. The maximum Gasteiger partial charge on any atom is 0.236 e. The van der Waals surface area contributed by atoms with Gasteiger partial charge in [0.15, 0.2) is 0 Å². The molecular weight excluding hydrogens is 220 g/mol. The van der Waals surface area contributed by atoms with Crippen LogP contribution in [0.1, 0.15) is 38.5 Å². The Hall–Kier alpha value is -0.650. The van der Waals surface area contributed by atoms with Gasteiger partial charge in [0.2, 0.25) is 5.91 Å². The summed E-state index contributed by atoms with van der Waals surface area (Å²) in [7, 11) is 1.64. The second-order valence-corrected chi connectivity index (χ2v) is 4.17. The number of aliphatic hydroxyl groups excluding tert-OH is 1. The number of carbonyl (C=O) groups is 1. The number of hydrogen-bond donors (Lipinski definition) is 3. The van der Waals surface area contributed by atoms with Crippen molar-refractivity contribution in [2.24, 2.45) is 5.73 Å². The third kappa shape index (κ3) is 10.2. The number of nitrogens with two attached hydrogens (primary N) is 1. The van der Waals surface area contributed by atoms with E-state index < -0.39 is 6.04 Å². The van der Waals surface area contributed by atoms with Gasteiger partial charge in [0.1, 0.15) is 0 Å². The summed E-state index contributed by atoms with van der Waals surface area (Å²) in [5.74, 6) is -0.0803. The highest BCUT2D eigenvalue weighted by Crippen LogP contribution is 1.98. The highest BCUT2D eigenvalue weighted by molar-refractivity contribution is 5.81. The van der Waals surface area contributed by atoms with Gasteiger partial charge >= 0.3 is 0 Å². The van der Waals surface area contributed by atoms with Crippen molar-refractivity contribution in [2.45, 2.75) is 44.6 Å². The average Bonchev–Trinajstić information content (AvgIpc) is 2.33. The summed E-state index contributed by atoms with van der Waals surface area (Å²) < 4.78 is 4.90. The summed E-state index contributed by atoms with van der Waals surface area (Å²) in [6.45, 7) is 1.56. The van der Waals surface area contributed by atoms with E-state index in [9.17, 15) is 4.79 Å². The van der Waals surface area contributed by atoms with Gasteiger partial charge in [0.25, 0.3) is 0 Å². The molecule has 0 aliphatic rings. The molecule has 0 radical (unpaired) electrons. The molecule has 1 unspecified atom stereocenters. The van der Waals surface area contributed by atoms with Gasteiger partial charge in [0, 0.05) is 26.9 Å². The van der Waals surface area contributed by atoms with Gasteiger partial charge in [-0.15, -0.1) is 0 Å². The number of carbonyl (C=O) groups excluding carboxylic acids is 1. The fourth-order valence-electron chi connectivity index (χ4n) is 1.51. The monoisotopic (exact) mass is 246 g/mol. The Balaban J connectivity index is 3.37. The Morgan fingerprint density at radius 3 is 2.65 bits per heavy atom. The molecule has 102 valence electrons. The zero-order valence-corrected chi connectivity index (χ0v) is 10.8. The topological polar surface area (TPSA) is 84.6 Å². The van der Waals surface area contributed by atoms with Crippen LogP contribution in [0.25, 0.3) is 0 Å². The lowest BCUT2D eigenvalue weighted by molar-refractivity contribution is -0.122. The summed E-state index contributed by atoms with van der Waals surface area (Å²) in [6, 6.07) is -0.428. The number of nitrogens with one attached hydrogen (secondary N) is 1. The minimum atomic E-state index is -0.428. The van der Waals surface area contributed by atoms with E-state index in [0.29, 0.717) is 19.6 Å². The zero-order valence-electron chi connectivity index (χ0n) is 10.8. The van der Waals surface area contributed by atoms with Crippen molar-refractivity contribution in [2.75, 3.05) is 26.9 Å². The average molecular weight is 246 g/mol. The van der Waals surface area contributed by atoms with Gasteiger partial charge in [-0.1, -0.05) is 12.8 Å². The number of hydrogen-bond acceptors (Lipinski definition) is 4. The van der Waals surface area contributed by atoms with Crippen molar-refractivity contribution < 1.29 is 14.6 Å². The van der Waals surface area contributed by atoms with Crippen LogP contribution in [0, 0.1) is 0 Å². The fraction of sp³-hybridized carbons (Fsp3) is 0.917. The molecule has 0 aliphatic heterocycles. The third-order valence-corrected chi connectivity index (χ3v) is 2.58. The van der Waals surface area contributed by atoms with Crippen LogP contribution in [0.4, 0.5) is 0 Å². The number of unbranched alkanes of at least 4 members (excludes halogenated alkanes) is 3. The lowest BCUT2D eigenvalue weighted by Gasteiger charge is -2.11. The first-order valence-corrected chi connectivity index (χ1v) is 6.35. The van der Waals surface area contributed by atoms with E-state index in [4.69, 9.17) is 15.6 Å². The summed E-state index contributed by atoms with van der Waals surface area (Å²) in [4.78, 5) is 11.5. The van der Waals surface area contributed by atoms with Crippen molar-refractivity contribution >= 4 is 5.91 Å².